The van der Waals surface area contributed by atoms with E-state index in [0.717, 1.165) is 31.8 Å². The van der Waals surface area contributed by atoms with Crippen molar-refractivity contribution in [2.75, 3.05) is 0 Å². The summed E-state index contributed by atoms with van der Waals surface area (Å²) in [6.45, 7) is 3.80. The number of benzene rings is 1. The molecule has 21 heavy (non-hydrogen) atoms. The molecule has 0 bridgehead atoms. The Kier molecular flexibility index (Phi) is 3.94. The van der Waals surface area contributed by atoms with E-state index in [1.807, 2.05) is 49.6 Å². The number of hydrogen-bond acceptors (Lipinski definition) is 5. The molecule has 0 atom stereocenters. The summed E-state index contributed by atoms with van der Waals surface area (Å²) >= 11 is 2.99. The van der Waals surface area contributed by atoms with Gasteiger partial charge in [0, 0.05) is 10.9 Å². The quantitative estimate of drug-likeness (QED) is 0.674. The second-order valence-corrected chi connectivity index (χ2v) is 6.89. The van der Waals surface area contributed by atoms with Gasteiger partial charge in [0.15, 0.2) is 5.78 Å². The van der Waals surface area contributed by atoms with Crippen molar-refractivity contribution in [3.05, 3.63) is 56.3 Å². The Hall–Kier alpha value is -1.85. The predicted molar refractivity (Wildman–Crippen MR) is 87.2 cm³/mol. The van der Waals surface area contributed by atoms with E-state index >= 15 is 0 Å². The molecule has 0 unspecified atom stereocenters. The minimum atomic E-state index is 0.104. The summed E-state index contributed by atoms with van der Waals surface area (Å²) in [5, 5.41) is 3.78. The highest BCUT2D eigenvalue weighted by molar-refractivity contribution is 7.14. The first-order valence-electron chi connectivity index (χ1n) is 6.60. The Morgan fingerprint density at radius 1 is 1.14 bits per heavy atom. The fourth-order valence-corrected chi connectivity index (χ4v) is 3.80. The Bertz CT molecular complexity index is 775. The summed E-state index contributed by atoms with van der Waals surface area (Å²) in [4.78, 5) is 22.0. The highest BCUT2D eigenvalue weighted by atomic mass is 32.1. The maximum absolute atomic E-state index is 12.3. The molecule has 3 aromatic rings. The van der Waals surface area contributed by atoms with Crippen molar-refractivity contribution in [1.82, 2.24) is 9.97 Å². The third kappa shape index (κ3) is 3.09. The standard InChI is InChI=1S/C16H14N2OS2/c1-10-16(21-11(2)17-10)14(19)8-15-18-13(9-20-15)12-6-4-3-5-7-12/h3-7,9H,8H2,1-2H3. The zero-order valence-electron chi connectivity index (χ0n) is 11.8. The fraction of sp³-hybridized carbons (Fsp3) is 0.188. The molecule has 0 aliphatic heterocycles. The number of rotatable bonds is 4. The molecule has 5 heteroatoms. The molecule has 3 rings (SSSR count). The largest absolute Gasteiger partial charge is 0.293 e. The number of nitrogens with zero attached hydrogens (tertiary/aromatic N) is 2. The number of ketones is 1. The van der Waals surface area contributed by atoms with Gasteiger partial charge in [-0.25, -0.2) is 9.97 Å². The van der Waals surface area contributed by atoms with Gasteiger partial charge < -0.3 is 0 Å². The maximum Gasteiger partial charge on any atom is 0.181 e. The van der Waals surface area contributed by atoms with Gasteiger partial charge in [-0.1, -0.05) is 30.3 Å². The molecule has 0 fully saturated rings. The number of carbonyl (C=O) groups is 1. The molecule has 0 N–H and O–H groups in total. The van der Waals surface area contributed by atoms with Crippen molar-refractivity contribution in [3.63, 3.8) is 0 Å². The van der Waals surface area contributed by atoms with Crippen LogP contribution in [0.25, 0.3) is 11.3 Å². The lowest BCUT2D eigenvalue weighted by atomic mass is 10.2. The number of aryl methyl sites for hydroxylation is 2. The van der Waals surface area contributed by atoms with E-state index in [0.29, 0.717) is 6.42 Å². The summed E-state index contributed by atoms with van der Waals surface area (Å²) in [7, 11) is 0. The van der Waals surface area contributed by atoms with Gasteiger partial charge >= 0.3 is 0 Å². The van der Waals surface area contributed by atoms with Crippen LogP contribution in [0, 0.1) is 13.8 Å². The van der Waals surface area contributed by atoms with Crippen molar-refractivity contribution in [2.24, 2.45) is 0 Å². The van der Waals surface area contributed by atoms with Crippen LogP contribution in [0.1, 0.15) is 25.4 Å². The Labute approximate surface area is 131 Å². The fourth-order valence-electron chi connectivity index (χ4n) is 2.14. The van der Waals surface area contributed by atoms with E-state index < -0.39 is 0 Å². The Morgan fingerprint density at radius 3 is 2.57 bits per heavy atom. The van der Waals surface area contributed by atoms with Crippen molar-refractivity contribution in [2.45, 2.75) is 20.3 Å². The number of thiazole rings is 2. The highest BCUT2D eigenvalue weighted by Gasteiger charge is 2.16. The van der Waals surface area contributed by atoms with Gasteiger partial charge in [-0.3, -0.25) is 4.79 Å². The molecule has 0 aliphatic rings. The smallest absolute Gasteiger partial charge is 0.181 e. The molecule has 2 aromatic heterocycles. The van der Waals surface area contributed by atoms with Gasteiger partial charge in [-0.05, 0) is 13.8 Å². The van der Waals surface area contributed by atoms with Gasteiger partial charge in [0.2, 0.25) is 0 Å². The molecule has 2 heterocycles. The monoisotopic (exact) mass is 314 g/mol. The van der Waals surface area contributed by atoms with Crippen molar-refractivity contribution < 1.29 is 4.79 Å². The Balaban J connectivity index is 1.79. The van der Waals surface area contributed by atoms with Crippen LogP contribution in [-0.4, -0.2) is 15.8 Å². The molecular formula is C16H14N2OS2. The van der Waals surface area contributed by atoms with Gasteiger partial charge in [-0.2, -0.15) is 0 Å². The average molecular weight is 314 g/mol. The van der Waals surface area contributed by atoms with Crippen LogP contribution in [0.2, 0.25) is 0 Å². The molecule has 1 aromatic carbocycles. The van der Waals surface area contributed by atoms with Crippen LogP contribution >= 0.6 is 22.7 Å². The minimum Gasteiger partial charge on any atom is -0.293 e. The molecule has 106 valence electrons. The van der Waals surface area contributed by atoms with Gasteiger partial charge in [0.05, 0.1) is 27.7 Å². The molecular weight excluding hydrogens is 300 g/mol. The highest BCUT2D eigenvalue weighted by Crippen LogP contribution is 2.24. The molecule has 3 nitrogen and oxygen atoms in total. The van der Waals surface area contributed by atoms with Crippen molar-refractivity contribution in [1.29, 1.82) is 0 Å². The lowest BCUT2D eigenvalue weighted by Gasteiger charge is -1.96. The van der Waals surface area contributed by atoms with Gasteiger partial charge in [0.1, 0.15) is 5.01 Å². The number of Topliss-reactive ketones (excluding diaryl/α,β-unsaturated/α-hetero) is 1. The summed E-state index contributed by atoms with van der Waals surface area (Å²) in [5.74, 6) is 0.104. The van der Waals surface area contributed by atoms with Crippen LogP contribution < -0.4 is 0 Å². The molecule has 0 radical (unpaired) electrons. The van der Waals surface area contributed by atoms with E-state index in [2.05, 4.69) is 9.97 Å². The van der Waals surface area contributed by atoms with E-state index in [1.54, 1.807) is 0 Å². The zero-order valence-corrected chi connectivity index (χ0v) is 13.4. The second-order valence-electron chi connectivity index (χ2n) is 4.74. The average Bonchev–Trinajstić information content (AvgIpc) is 3.06. The molecule has 0 amide bonds. The van der Waals surface area contributed by atoms with E-state index in [1.165, 1.54) is 22.7 Å². The lowest BCUT2D eigenvalue weighted by molar-refractivity contribution is 0.0996. The zero-order chi connectivity index (χ0) is 14.8. The second kappa shape index (κ2) is 5.87. The van der Waals surface area contributed by atoms with E-state index in [-0.39, 0.29) is 5.78 Å². The normalized spacial score (nSPS) is 10.8. The first kappa shape index (κ1) is 14.1. The Morgan fingerprint density at radius 2 is 1.90 bits per heavy atom. The third-order valence-electron chi connectivity index (χ3n) is 3.09. The molecule has 0 aliphatic carbocycles. The van der Waals surface area contributed by atoms with Gasteiger partial charge in [-0.15, -0.1) is 22.7 Å². The molecule has 0 spiro atoms. The SMILES string of the molecule is Cc1nc(C)c(C(=O)Cc2nc(-c3ccccc3)cs2)s1. The summed E-state index contributed by atoms with van der Waals surface area (Å²) in [6.07, 6.45) is 0.347. The van der Waals surface area contributed by atoms with Crippen LogP contribution in [0.15, 0.2) is 35.7 Å². The van der Waals surface area contributed by atoms with Crippen LogP contribution in [0.3, 0.4) is 0 Å². The topological polar surface area (TPSA) is 42.9 Å². The van der Waals surface area contributed by atoms with E-state index in [4.69, 9.17) is 0 Å². The minimum absolute atomic E-state index is 0.104. The lowest BCUT2D eigenvalue weighted by Crippen LogP contribution is -2.02. The first-order chi connectivity index (χ1) is 10.1. The summed E-state index contributed by atoms with van der Waals surface area (Å²) in [5.41, 5.74) is 2.83. The first-order valence-corrected chi connectivity index (χ1v) is 8.30. The van der Waals surface area contributed by atoms with Crippen molar-refractivity contribution >= 4 is 28.5 Å². The van der Waals surface area contributed by atoms with Crippen LogP contribution in [-0.2, 0) is 6.42 Å². The number of hydrogen-bond donors (Lipinski definition) is 0. The number of carbonyl (C=O) groups excluding carboxylic acids is 1. The predicted octanol–water partition coefficient (Wildman–Crippen LogP) is 4.31. The number of aromatic nitrogens is 2. The van der Waals surface area contributed by atoms with E-state index in [9.17, 15) is 4.79 Å². The van der Waals surface area contributed by atoms with Crippen LogP contribution in [0.5, 0.6) is 0 Å². The maximum atomic E-state index is 12.3. The summed E-state index contributed by atoms with van der Waals surface area (Å²) in [6, 6.07) is 10.0. The summed E-state index contributed by atoms with van der Waals surface area (Å²) < 4.78 is 0. The molecule has 0 saturated heterocycles. The molecule has 0 saturated carbocycles. The van der Waals surface area contributed by atoms with Crippen LogP contribution in [0.4, 0.5) is 0 Å². The third-order valence-corrected chi connectivity index (χ3v) is 5.05. The van der Waals surface area contributed by atoms with Gasteiger partial charge in [0.25, 0.3) is 0 Å². The van der Waals surface area contributed by atoms with Crippen molar-refractivity contribution in [3.8, 4) is 11.3 Å².